The van der Waals surface area contributed by atoms with Gasteiger partial charge in [-0.3, -0.25) is 23.5 Å². The second-order valence-corrected chi connectivity index (χ2v) is 20.6. The molecule has 9 rings (SSSR count). The van der Waals surface area contributed by atoms with Gasteiger partial charge in [-0.1, -0.05) is 57.2 Å². The van der Waals surface area contributed by atoms with E-state index in [4.69, 9.17) is 9.15 Å². The van der Waals surface area contributed by atoms with E-state index in [0.717, 1.165) is 33.8 Å². The molecule has 0 spiro atoms. The number of aromatic nitrogens is 6. The third-order valence-electron chi connectivity index (χ3n) is 12.0. The first-order valence-corrected chi connectivity index (χ1v) is 24.7. The van der Waals surface area contributed by atoms with Crippen molar-refractivity contribution in [2.24, 2.45) is 5.41 Å². The molecular weight excluding hydrogens is 971 g/mol. The van der Waals surface area contributed by atoms with Crippen LogP contribution < -0.4 is 20.1 Å². The van der Waals surface area contributed by atoms with E-state index in [-0.39, 0.29) is 54.0 Å². The molecule has 1 saturated heterocycles. The van der Waals surface area contributed by atoms with Crippen LogP contribution >= 0.6 is 11.3 Å². The van der Waals surface area contributed by atoms with Gasteiger partial charge >= 0.3 is 0 Å². The van der Waals surface area contributed by atoms with Gasteiger partial charge in [0.1, 0.15) is 45.6 Å². The van der Waals surface area contributed by atoms with Crippen molar-refractivity contribution in [3.8, 4) is 50.5 Å². The highest BCUT2D eigenvalue weighted by molar-refractivity contribution is 7.92. The highest BCUT2D eigenvalue weighted by Gasteiger charge is 2.45. The Morgan fingerprint density at radius 2 is 1.68 bits per heavy atom. The number of aryl methyl sites for hydroxylation is 1. The molecule has 0 saturated carbocycles. The van der Waals surface area contributed by atoms with E-state index < -0.39 is 67.9 Å². The van der Waals surface area contributed by atoms with Gasteiger partial charge in [0.05, 0.1) is 46.6 Å². The molecule has 8 aromatic rings. The second kappa shape index (κ2) is 19.7. The lowest BCUT2D eigenvalue weighted by molar-refractivity contribution is -0.142. The summed E-state index contributed by atoms with van der Waals surface area (Å²) in [7, 11) is -3.27. The number of hydrogen-bond acceptors (Lipinski definition) is 14. The van der Waals surface area contributed by atoms with Gasteiger partial charge < -0.3 is 29.8 Å². The van der Waals surface area contributed by atoms with Crippen LogP contribution in [0.25, 0.3) is 50.3 Å². The van der Waals surface area contributed by atoms with E-state index >= 15 is 0 Å². The number of rotatable bonds is 14. The third kappa shape index (κ3) is 10.0. The molecule has 18 nitrogen and oxygen atoms in total. The van der Waals surface area contributed by atoms with E-state index in [1.54, 1.807) is 84.6 Å². The number of thiazole rings is 1. The number of benzene rings is 3. The van der Waals surface area contributed by atoms with E-state index in [0.29, 0.717) is 28.5 Å². The molecule has 3 amide bonds. The predicted octanol–water partition coefficient (Wildman–Crippen LogP) is 7.06. The first-order valence-electron chi connectivity index (χ1n) is 22.4. The minimum atomic E-state index is -4.55. The lowest BCUT2D eigenvalue weighted by atomic mass is 9.85. The zero-order chi connectivity index (χ0) is 51.1. The van der Waals surface area contributed by atoms with Crippen molar-refractivity contribution < 1.29 is 45.8 Å². The number of fused-ring (bicyclic) bond motifs is 1. The highest BCUT2D eigenvalue weighted by atomic mass is 32.2. The summed E-state index contributed by atoms with van der Waals surface area (Å²) < 4.78 is 69.9. The number of ether oxygens (including phenoxy) is 1. The van der Waals surface area contributed by atoms with Gasteiger partial charge in [0.15, 0.2) is 0 Å². The molecule has 370 valence electrons. The normalized spacial score (nSPS) is 15.4. The van der Waals surface area contributed by atoms with Gasteiger partial charge in [0.25, 0.3) is 21.8 Å². The number of halogens is 2. The van der Waals surface area contributed by atoms with Gasteiger partial charge in [0, 0.05) is 49.1 Å². The van der Waals surface area contributed by atoms with Crippen LogP contribution in [0.5, 0.6) is 5.88 Å². The van der Waals surface area contributed by atoms with Crippen LogP contribution in [-0.4, -0.2) is 97.5 Å². The molecule has 22 heteroatoms. The Kier molecular flexibility index (Phi) is 13.4. The minimum absolute atomic E-state index is 0.0227. The summed E-state index contributed by atoms with van der Waals surface area (Å²) in [6, 6.07) is 19.1. The number of amides is 3. The summed E-state index contributed by atoms with van der Waals surface area (Å²) in [6.45, 7) is 7.41. The lowest BCUT2D eigenvalue weighted by Gasteiger charge is -2.35. The molecule has 4 N–H and O–H groups in total. The average Bonchev–Trinajstić information content (AvgIpc) is 4.19. The molecule has 0 bridgehead atoms. The molecule has 0 aliphatic carbocycles. The highest BCUT2D eigenvalue weighted by Crippen LogP contribution is 2.34. The largest absolute Gasteiger partial charge is 0.480 e. The quantitative estimate of drug-likeness (QED) is 0.0855. The Balaban J connectivity index is 0.921. The molecule has 72 heavy (non-hydrogen) atoms. The van der Waals surface area contributed by atoms with Crippen LogP contribution in [0, 0.1) is 24.0 Å². The van der Waals surface area contributed by atoms with Gasteiger partial charge in [-0.25, -0.2) is 32.2 Å². The summed E-state index contributed by atoms with van der Waals surface area (Å²) in [5.74, 6) is -3.94. The number of nitrogens with one attached hydrogen (secondary N) is 3. The third-order valence-corrected chi connectivity index (χ3v) is 14.4. The number of aliphatic hydroxyl groups excluding tert-OH is 1. The van der Waals surface area contributed by atoms with E-state index in [1.165, 1.54) is 30.5 Å². The SMILES string of the molecule is COc1ncc(-c2ccc3ncc(-c4nnc(-c5ccccc5C(=O)N[C@H](C(=O)N5C[C@@H](O)C[C@@H]5C(=O)NCc5ccc(-c6scnc6C)cc5)C(C)(C)C)o4)n3c2)cc1NS(=O)(=O)c1ccc(F)cc1F. The van der Waals surface area contributed by atoms with Crippen molar-refractivity contribution in [3.63, 3.8) is 0 Å². The number of hydrogen-bond donors (Lipinski definition) is 4. The van der Waals surface area contributed by atoms with Crippen molar-refractivity contribution in [3.05, 3.63) is 137 Å². The molecule has 0 unspecified atom stereocenters. The molecule has 3 aromatic carbocycles. The average molecular weight is 1020 g/mol. The molecule has 1 fully saturated rings. The minimum Gasteiger partial charge on any atom is -0.480 e. The standard InChI is InChI=1S/C50H46F2N10O8S2/c1-27-42(71-26-56-27)29-12-10-28(11-13-29)21-54-45(65)38-20-33(63)25-62(38)49(66)43(50(2,3)4)57-44(64)34-8-6-7-9-35(34)46-58-59-48(70-46)39-23-53-41-17-14-30(24-61(39)41)31-18-37(47(69-5)55-22-31)60-72(67,68)40-16-15-32(51)19-36(40)52/h6-19,22-24,26,33,38,43,60,63H,20-21,25H2,1-5H3,(H,54,65)(H,57,64)/t33-,38+,43+/m0/s1. The lowest BCUT2D eigenvalue weighted by Crippen LogP contribution is -2.57. The summed E-state index contributed by atoms with van der Waals surface area (Å²) in [6.07, 6.45) is 3.68. The Hall–Kier alpha value is -7.95. The number of aliphatic hydroxyl groups is 1. The zero-order valence-corrected chi connectivity index (χ0v) is 40.9. The molecule has 1 aliphatic rings. The summed E-state index contributed by atoms with van der Waals surface area (Å²) in [4.78, 5) is 57.1. The number of carbonyl (C=O) groups is 3. The number of anilines is 1. The van der Waals surface area contributed by atoms with Crippen molar-refractivity contribution in [2.75, 3.05) is 18.4 Å². The van der Waals surface area contributed by atoms with Crippen LogP contribution in [0.2, 0.25) is 0 Å². The fourth-order valence-electron chi connectivity index (χ4n) is 8.34. The Bertz CT molecular complexity index is 3480. The van der Waals surface area contributed by atoms with Gasteiger partial charge in [-0.15, -0.1) is 21.5 Å². The number of likely N-dealkylation sites (tertiary alicyclic amines) is 1. The van der Waals surface area contributed by atoms with Crippen molar-refractivity contribution in [1.29, 1.82) is 0 Å². The Morgan fingerprint density at radius 1 is 0.931 bits per heavy atom. The van der Waals surface area contributed by atoms with Gasteiger partial charge in [-0.2, -0.15) is 0 Å². The fourth-order valence-corrected chi connectivity index (χ4v) is 10.3. The van der Waals surface area contributed by atoms with Crippen LogP contribution in [0.3, 0.4) is 0 Å². The number of imidazole rings is 1. The van der Waals surface area contributed by atoms with Crippen LogP contribution in [0.4, 0.5) is 14.5 Å². The number of pyridine rings is 2. The molecular formula is C50H46F2N10O8S2. The number of methoxy groups -OCH3 is 1. The first kappa shape index (κ1) is 49.0. The Morgan fingerprint density at radius 3 is 2.40 bits per heavy atom. The molecule has 5 aromatic heterocycles. The van der Waals surface area contributed by atoms with E-state index in [2.05, 4.69) is 40.5 Å². The Labute approximate surface area is 415 Å². The monoisotopic (exact) mass is 1020 g/mol. The zero-order valence-electron chi connectivity index (χ0n) is 39.3. The van der Waals surface area contributed by atoms with E-state index in [1.807, 2.05) is 31.2 Å². The molecule has 0 radical (unpaired) electrons. The van der Waals surface area contributed by atoms with E-state index in [9.17, 15) is 36.7 Å². The first-order chi connectivity index (χ1) is 34.4. The van der Waals surface area contributed by atoms with Crippen molar-refractivity contribution in [1.82, 2.24) is 45.1 Å². The molecule has 6 heterocycles. The van der Waals surface area contributed by atoms with Crippen molar-refractivity contribution >= 4 is 50.4 Å². The smallest absolute Gasteiger partial charge is 0.266 e. The summed E-state index contributed by atoms with van der Waals surface area (Å²) in [5, 5.41) is 25.1. The maximum atomic E-state index is 14.5. The van der Waals surface area contributed by atoms with Crippen LogP contribution in [0.15, 0.2) is 118 Å². The van der Waals surface area contributed by atoms with Gasteiger partial charge in [-0.05, 0) is 65.9 Å². The fraction of sp³-hybridized carbons (Fsp3) is 0.240. The molecule has 1 aliphatic heterocycles. The van der Waals surface area contributed by atoms with Crippen LogP contribution in [-0.2, 0) is 26.2 Å². The predicted molar refractivity (Wildman–Crippen MR) is 262 cm³/mol. The topological polar surface area (TPSA) is 236 Å². The number of sulfonamides is 1. The number of nitrogens with zero attached hydrogens (tertiary/aromatic N) is 7. The maximum absolute atomic E-state index is 14.5. The summed E-state index contributed by atoms with van der Waals surface area (Å²) >= 11 is 1.55. The van der Waals surface area contributed by atoms with Crippen LogP contribution in [0.1, 0.15) is 48.8 Å². The number of β-amino-alcohol motifs (C(OH)–C–C–N with tert-alkyl or cyclic N) is 1. The molecule has 3 atom stereocenters. The van der Waals surface area contributed by atoms with Crippen molar-refractivity contribution in [2.45, 2.75) is 63.7 Å². The second-order valence-electron chi connectivity index (χ2n) is 18.1. The number of carbonyl (C=O) groups excluding carboxylic acids is 3. The van der Waals surface area contributed by atoms with Gasteiger partial charge in [0.2, 0.25) is 23.6 Å². The summed E-state index contributed by atoms with van der Waals surface area (Å²) in [5.41, 5.74) is 5.75. The maximum Gasteiger partial charge on any atom is 0.266 e.